The van der Waals surface area contributed by atoms with Crippen LogP contribution < -0.4 is 5.32 Å². The average molecular weight is 302 g/mol. The molecule has 0 bridgehead atoms. The van der Waals surface area contributed by atoms with Crippen molar-refractivity contribution in [2.24, 2.45) is 5.92 Å². The molecule has 1 aliphatic heterocycles. The monoisotopic (exact) mass is 302 g/mol. The van der Waals surface area contributed by atoms with Crippen LogP contribution in [0, 0.1) is 5.92 Å². The molecule has 0 saturated carbocycles. The fourth-order valence-electron chi connectivity index (χ4n) is 2.96. The third-order valence-electron chi connectivity index (χ3n) is 4.22. The summed E-state index contributed by atoms with van der Waals surface area (Å²) in [5.41, 5.74) is 2.30. The van der Waals surface area contributed by atoms with Crippen molar-refractivity contribution in [3.05, 3.63) is 40.7 Å². The van der Waals surface area contributed by atoms with E-state index in [0.29, 0.717) is 12.0 Å². The van der Waals surface area contributed by atoms with Crippen molar-refractivity contribution >= 4 is 11.3 Å². The zero-order valence-corrected chi connectivity index (χ0v) is 13.2. The second-order valence-corrected chi connectivity index (χ2v) is 6.48. The average Bonchev–Trinajstić information content (AvgIpc) is 3.03. The Labute approximate surface area is 130 Å². The van der Waals surface area contributed by atoms with Crippen molar-refractivity contribution in [2.75, 3.05) is 20.3 Å². The molecule has 112 valence electrons. The molecule has 0 spiro atoms. The highest BCUT2D eigenvalue weighted by atomic mass is 32.1. The number of hydrogen-bond acceptors (Lipinski definition) is 4. The Kier molecular flexibility index (Phi) is 5.01. The zero-order chi connectivity index (χ0) is 14.5. The third kappa shape index (κ3) is 3.70. The van der Waals surface area contributed by atoms with E-state index in [1.54, 1.807) is 11.3 Å². The molecule has 2 heterocycles. The van der Waals surface area contributed by atoms with Crippen LogP contribution in [0.15, 0.2) is 35.7 Å². The molecule has 3 rings (SSSR count). The van der Waals surface area contributed by atoms with Crippen molar-refractivity contribution < 1.29 is 4.74 Å². The van der Waals surface area contributed by atoms with E-state index in [-0.39, 0.29) is 0 Å². The van der Waals surface area contributed by atoms with Crippen molar-refractivity contribution in [1.29, 1.82) is 0 Å². The largest absolute Gasteiger partial charge is 0.381 e. The Balaban J connectivity index is 1.68. The molecule has 1 aliphatic rings. The van der Waals surface area contributed by atoms with E-state index in [2.05, 4.69) is 42.0 Å². The van der Waals surface area contributed by atoms with Crippen LogP contribution in [-0.4, -0.2) is 31.3 Å². The van der Waals surface area contributed by atoms with Crippen LogP contribution in [0.25, 0.3) is 11.3 Å². The van der Waals surface area contributed by atoms with Gasteiger partial charge in [-0.3, -0.25) is 0 Å². The fourth-order valence-corrected chi connectivity index (χ4v) is 3.82. The highest BCUT2D eigenvalue weighted by Crippen LogP contribution is 2.25. The van der Waals surface area contributed by atoms with Crippen molar-refractivity contribution in [3.8, 4) is 11.3 Å². The molecule has 2 aromatic rings. The van der Waals surface area contributed by atoms with Crippen LogP contribution in [0.4, 0.5) is 0 Å². The first-order chi connectivity index (χ1) is 10.4. The highest BCUT2D eigenvalue weighted by Gasteiger charge is 2.23. The van der Waals surface area contributed by atoms with Gasteiger partial charge in [0.2, 0.25) is 0 Å². The number of hydrogen-bond donors (Lipinski definition) is 1. The van der Waals surface area contributed by atoms with Gasteiger partial charge in [-0.2, -0.15) is 0 Å². The normalized spacial score (nSPS) is 17.8. The Hall–Kier alpha value is -1.23. The lowest BCUT2D eigenvalue weighted by atomic mass is 9.90. The second-order valence-electron chi connectivity index (χ2n) is 5.54. The summed E-state index contributed by atoms with van der Waals surface area (Å²) in [6, 6.07) is 10.9. The van der Waals surface area contributed by atoms with Crippen LogP contribution in [0.5, 0.6) is 0 Å². The summed E-state index contributed by atoms with van der Waals surface area (Å²) in [5, 5.41) is 6.87. The van der Waals surface area contributed by atoms with Crippen LogP contribution in [-0.2, 0) is 11.2 Å². The third-order valence-corrected chi connectivity index (χ3v) is 5.09. The summed E-state index contributed by atoms with van der Waals surface area (Å²) in [5.74, 6) is 0.702. The molecule has 0 amide bonds. The van der Waals surface area contributed by atoms with E-state index < -0.39 is 0 Å². The lowest BCUT2D eigenvalue weighted by molar-refractivity contribution is 0.0547. The predicted molar refractivity (Wildman–Crippen MR) is 87.6 cm³/mol. The van der Waals surface area contributed by atoms with Gasteiger partial charge in [0.25, 0.3) is 0 Å². The highest BCUT2D eigenvalue weighted by molar-refractivity contribution is 7.09. The van der Waals surface area contributed by atoms with E-state index in [1.165, 1.54) is 10.6 Å². The maximum atomic E-state index is 5.47. The number of aromatic nitrogens is 1. The first-order valence-electron chi connectivity index (χ1n) is 7.61. The minimum atomic E-state index is 0.503. The van der Waals surface area contributed by atoms with E-state index >= 15 is 0 Å². The summed E-state index contributed by atoms with van der Waals surface area (Å²) in [4.78, 5) is 4.81. The van der Waals surface area contributed by atoms with Gasteiger partial charge in [-0.05, 0) is 25.8 Å². The van der Waals surface area contributed by atoms with Gasteiger partial charge in [-0.15, -0.1) is 11.3 Å². The number of ether oxygens (including phenoxy) is 1. The lowest BCUT2D eigenvalue weighted by Crippen LogP contribution is -2.38. The van der Waals surface area contributed by atoms with Gasteiger partial charge in [0.15, 0.2) is 0 Å². The maximum Gasteiger partial charge on any atom is 0.0948 e. The molecule has 21 heavy (non-hydrogen) atoms. The van der Waals surface area contributed by atoms with Gasteiger partial charge in [0.1, 0.15) is 0 Å². The van der Waals surface area contributed by atoms with Gasteiger partial charge < -0.3 is 10.1 Å². The molecular formula is C17H22N2OS. The van der Waals surface area contributed by atoms with E-state index in [9.17, 15) is 0 Å². The molecule has 1 N–H and O–H groups in total. The van der Waals surface area contributed by atoms with Crippen LogP contribution >= 0.6 is 11.3 Å². The standard InChI is InChI=1S/C17H22N2OS/c1-18-15(14-7-9-20-10-8-14)11-17-19-16(12-21-17)13-5-3-2-4-6-13/h2-6,12,14-15,18H,7-11H2,1H3. The molecule has 1 aromatic carbocycles. The van der Waals surface area contributed by atoms with E-state index in [0.717, 1.165) is 38.2 Å². The second kappa shape index (κ2) is 7.16. The number of nitrogens with zero attached hydrogens (tertiary/aromatic N) is 1. The van der Waals surface area contributed by atoms with E-state index in [1.807, 2.05) is 6.07 Å². The first kappa shape index (κ1) is 14.7. The SMILES string of the molecule is CNC(Cc1nc(-c2ccccc2)cs1)C1CCOCC1. The number of nitrogens with one attached hydrogen (secondary N) is 1. The van der Waals surface area contributed by atoms with Gasteiger partial charge in [0, 0.05) is 36.6 Å². The Morgan fingerprint density at radius 1 is 1.29 bits per heavy atom. The van der Waals surface area contributed by atoms with Crippen LogP contribution in [0.1, 0.15) is 17.8 Å². The Morgan fingerprint density at radius 2 is 2.05 bits per heavy atom. The van der Waals surface area contributed by atoms with Gasteiger partial charge in [0.05, 0.1) is 10.7 Å². The maximum absolute atomic E-state index is 5.47. The summed E-state index contributed by atoms with van der Waals surface area (Å²) >= 11 is 1.77. The zero-order valence-electron chi connectivity index (χ0n) is 12.4. The summed E-state index contributed by atoms with van der Waals surface area (Å²) in [7, 11) is 2.06. The molecule has 1 saturated heterocycles. The molecule has 1 atom stereocenters. The predicted octanol–water partition coefficient (Wildman–Crippen LogP) is 3.37. The Morgan fingerprint density at radius 3 is 2.76 bits per heavy atom. The van der Waals surface area contributed by atoms with E-state index in [4.69, 9.17) is 9.72 Å². The molecule has 4 heteroatoms. The Bertz CT molecular complexity index is 549. The fraction of sp³-hybridized carbons (Fsp3) is 0.471. The smallest absolute Gasteiger partial charge is 0.0948 e. The summed E-state index contributed by atoms with van der Waals surface area (Å²) in [6.45, 7) is 1.80. The molecule has 1 aromatic heterocycles. The molecule has 0 radical (unpaired) electrons. The quantitative estimate of drug-likeness (QED) is 0.919. The molecule has 1 unspecified atom stereocenters. The number of rotatable bonds is 5. The van der Waals surface area contributed by atoms with Crippen molar-refractivity contribution in [2.45, 2.75) is 25.3 Å². The molecule has 3 nitrogen and oxygen atoms in total. The van der Waals surface area contributed by atoms with Crippen molar-refractivity contribution in [3.63, 3.8) is 0 Å². The van der Waals surface area contributed by atoms with Gasteiger partial charge in [-0.1, -0.05) is 30.3 Å². The van der Waals surface area contributed by atoms with Crippen LogP contribution in [0.2, 0.25) is 0 Å². The molecular weight excluding hydrogens is 280 g/mol. The van der Waals surface area contributed by atoms with Gasteiger partial charge in [-0.25, -0.2) is 4.98 Å². The summed E-state index contributed by atoms with van der Waals surface area (Å²) in [6.07, 6.45) is 3.32. The topological polar surface area (TPSA) is 34.2 Å². The minimum absolute atomic E-state index is 0.503. The summed E-state index contributed by atoms with van der Waals surface area (Å²) < 4.78 is 5.47. The van der Waals surface area contributed by atoms with Crippen LogP contribution in [0.3, 0.4) is 0 Å². The molecule has 1 fully saturated rings. The minimum Gasteiger partial charge on any atom is -0.381 e. The lowest BCUT2D eigenvalue weighted by Gasteiger charge is -2.29. The number of likely N-dealkylation sites (N-methyl/N-ethyl adjacent to an activating group) is 1. The number of benzene rings is 1. The van der Waals surface area contributed by atoms with Gasteiger partial charge >= 0.3 is 0 Å². The molecule has 0 aliphatic carbocycles. The first-order valence-corrected chi connectivity index (χ1v) is 8.49. The number of thiazole rings is 1. The van der Waals surface area contributed by atoms with Crippen molar-refractivity contribution in [1.82, 2.24) is 10.3 Å².